The number of unbranched alkanes of at least 4 members (excludes halogenated alkanes) is 2. The first kappa shape index (κ1) is 15.5. The second-order valence-electron chi connectivity index (χ2n) is 3.19. The first-order chi connectivity index (χ1) is 7.35. The molecule has 0 aliphatic heterocycles. The van der Waals surface area contributed by atoms with Crippen LogP contribution in [-0.4, -0.2) is 23.3 Å². The lowest BCUT2D eigenvalue weighted by atomic mass is 10.4. The zero-order valence-corrected chi connectivity index (χ0v) is 11.8. The standard InChI is InChI=1S/C11H24O2S2/c1-4-7-9-12-11(15-13-6-3)14-10-8-5-2/h14H,4-10H2,1-3H3. The number of hydrogen-bond donors (Lipinski definition) is 1. The second-order valence-corrected chi connectivity index (χ2v) is 5.44. The van der Waals surface area contributed by atoms with Crippen molar-refractivity contribution in [2.24, 2.45) is 0 Å². The van der Waals surface area contributed by atoms with Crippen LogP contribution in [0.25, 0.3) is 0 Å². The molecule has 92 valence electrons. The molecule has 0 fully saturated rings. The Kier molecular flexibility index (Phi) is 13.0. The summed E-state index contributed by atoms with van der Waals surface area (Å²) in [4.78, 5) is 0. The third-order valence-electron chi connectivity index (χ3n) is 1.72. The topological polar surface area (TPSA) is 18.5 Å². The Morgan fingerprint density at radius 3 is 2.47 bits per heavy atom. The minimum Gasteiger partial charge on any atom is -0.333 e. The van der Waals surface area contributed by atoms with E-state index in [1.165, 1.54) is 48.4 Å². The molecule has 0 N–H and O–H groups in total. The summed E-state index contributed by atoms with van der Waals surface area (Å²) in [6.07, 6.45) is 4.81. The maximum Gasteiger partial charge on any atom is 0.158 e. The summed E-state index contributed by atoms with van der Waals surface area (Å²) in [6.45, 7) is 7.94. The zero-order chi connectivity index (χ0) is 11.4. The molecular formula is C11H24O2S2. The Morgan fingerprint density at radius 1 is 1.13 bits per heavy atom. The highest BCUT2D eigenvalue weighted by Crippen LogP contribution is 2.13. The molecule has 0 aromatic heterocycles. The van der Waals surface area contributed by atoms with Crippen LogP contribution in [-0.2, 0) is 8.92 Å². The van der Waals surface area contributed by atoms with Crippen molar-refractivity contribution in [3.8, 4) is 0 Å². The quantitative estimate of drug-likeness (QED) is 0.306. The van der Waals surface area contributed by atoms with Gasteiger partial charge in [0.1, 0.15) is 0 Å². The fourth-order valence-corrected chi connectivity index (χ4v) is 2.67. The molecule has 0 saturated carbocycles. The molecule has 4 heteroatoms. The lowest BCUT2D eigenvalue weighted by molar-refractivity contribution is 0.308. The van der Waals surface area contributed by atoms with Gasteiger partial charge in [0.05, 0.1) is 25.3 Å². The fourth-order valence-electron chi connectivity index (χ4n) is 0.838. The lowest BCUT2D eigenvalue weighted by Gasteiger charge is -2.06. The third kappa shape index (κ3) is 10.8. The van der Waals surface area contributed by atoms with E-state index in [9.17, 15) is 0 Å². The highest BCUT2D eigenvalue weighted by molar-refractivity contribution is 8.24. The van der Waals surface area contributed by atoms with Gasteiger partial charge >= 0.3 is 0 Å². The van der Waals surface area contributed by atoms with Crippen LogP contribution in [0.4, 0.5) is 0 Å². The molecule has 0 unspecified atom stereocenters. The van der Waals surface area contributed by atoms with E-state index in [2.05, 4.69) is 13.8 Å². The van der Waals surface area contributed by atoms with Crippen LogP contribution in [0.15, 0.2) is 0 Å². The predicted molar refractivity (Wildman–Crippen MR) is 73.8 cm³/mol. The average molecular weight is 252 g/mol. The molecule has 0 heterocycles. The molecule has 2 nitrogen and oxygen atoms in total. The first-order valence-electron chi connectivity index (χ1n) is 5.81. The summed E-state index contributed by atoms with van der Waals surface area (Å²) in [5, 5.41) is 0. The Balaban J connectivity index is 3.76. The van der Waals surface area contributed by atoms with Crippen molar-refractivity contribution < 1.29 is 8.92 Å². The van der Waals surface area contributed by atoms with E-state index in [0.717, 1.165) is 24.0 Å². The Labute approximate surface area is 102 Å². The summed E-state index contributed by atoms with van der Waals surface area (Å²) in [6, 6.07) is 0. The van der Waals surface area contributed by atoms with Gasteiger partial charge in [-0.3, -0.25) is 0 Å². The molecule has 0 aromatic carbocycles. The molecule has 0 bridgehead atoms. The molecule has 0 amide bonds. The van der Waals surface area contributed by atoms with Gasteiger partial charge in [-0.05, 0) is 25.5 Å². The molecule has 0 radical (unpaired) electrons. The molecule has 0 atom stereocenters. The van der Waals surface area contributed by atoms with E-state index >= 15 is 0 Å². The van der Waals surface area contributed by atoms with Gasteiger partial charge in [0, 0.05) is 0 Å². The van der Waals surface area contributed by atoms with Crippen molar-refractivity contribution in [2.45, 2.75) is 46.5 Å². The molecule has 0 spiro atoms. The smallest absolute Gasteiger partial charge is 0.158 e. The van der Waals surface area contributed by atoms with Crippen molar-refractivity contribution in [3.05, 3.63) is 0 Å². The highest BCUT2D eigenvalue weighted by Gasteiger charge is 1.99. The van der Waals surface area contributed by atoms with Crippen molar-refractivity contribution in [1.29, 1.82) is 0 Å². The minimum absolute atomic E-state index is 0.731. The minimum atomic E-state index is 0.731. The van der Waals surface area contributed by atoms with Gasteiger partial charge in [-0.25, -0.2) is 0 Å². The SMILES string of the molecule is CCCCOC(SOCC)=[SH]CCCC. The van der Waals surface area contributed by atoms with Gasteiger partial charge in [0.25, 0.3) is 0 Å². The number of thiol groups is 1. The first-order valence-corrected chi connectivity index (χ1v) is 7.63. The molecule has 0 aliphatic carbocycles. The Morgan fingerprint density at radius 2 is 1.87 bits per heavy atom. The summed E-state index contributed by atoms with van der Waals surface area (Å²) < 4.78 is 12.0. The van der Waals surface area contributed by atoms with Gasteiger partial charge in [0.15, 0.2) is 4.38 Å². The van der Waals surface area contributed by atoms with Crippen molar-refractivity contribution >= 4 is 27.8 Å². The van der Waals surface area contributed by atoms with Crippen LogP contribution in [0.5, 0.6) is 0 Å². The number of ether oxygens (including phenoxy) is 1. The lowest BCUT2D eigenvalue weighted by Crippen LogP contribution is -2.01. The average Bonchev–Trinajstić information content (AvgIpc) is 2.25. The normalized spacial score (nSPS) is 12.6. The van der Waals surface area contributed by atoms with Crippen LogP contribution >= 0.6 is 23.4 Å². The summed E-state index contributed by atoms with van der Waals surface area (Å²) >= 11 is 2.68. The third-order valence-corrected chi connectivity index (χ3v) is 3.88. The second kappa shape index (κ2) is 12.6. The molecule has 0 aliphatic rings. The van der Waals surface area contributed by atoms with Crippen LogP contribution in [0.1, 0.15) is 46.5 Å². The number of hydrogen-bond acceptors (Lipinski definition) is 3. The van der Waals surface area contributed by atoms with Gasteiger partial charge in [-0.1, -0.05) is 26.7 Å². The van der Waals surface area contributed by atoms with Crippen molar-refractivity contribution in [3.63, 3.8) is 0 Å². The maximum atomic E-state index is 5.67. The van der Waals surface area contributed by atoms with Crippen molar-refractivity contribution in [1.82, 2.24) is 0 Å². The van der Waals surface area contributed by atoms with Gasteiger partial charge in [-0.2, -0.15) is 11.4 Å². The van der Waals surface area contributed by atoms with E-state index in [-0.39, 0.29) is 0 Å². The highest BCUT2D eigenvalue weighted by atomic mass is 32.2. The van der Waals surface area contributed by atoms with Crippen LogP contribution < -0.4 is 0 Å². The Hall–Kier alpha value is 0.490. The van der Waals surface area contributed by atoms with E-state index in [0.29, 0.717) is 0 Å². The Bertz CT molecular complexity index is 161. The molecule has 0 saturated heterocycles. The summed E-state index contributed by atoms with van der Waals surface area (Å²) in [5.41, 5.74) is 0. The summed E-state index contributed by atoms with van der Waals surface area (Å²) in [5.74, 6) is 1.18. The predicted octanol–water partition coefficient (Wildman–Crippen LogP) is 3.84. The molecule has 0 rings (SSSR count). The zero-order valence-electron chi connectivity index (χ0n) is 10.1. The number of rotatable bonds is 8. The van der Waals surface area contributed by atoms with E-state index in [1.54, 1.807) is 0 Å². The van der Waals surface area contributed by atoms with Crippen LogP contribution in [0.3, 0.4) is 0 Å². The van der Waals surface area contributed by atoms with Crippen LogP contribution in [0, 0.1) is 0 Å². The molecule has 0 aromatic rings. The van der Waals surface area contributed by atoms with E-state index < -0.39 is 0 Å². The van der Waals surface area contributed by atoms with Gasteiger partial charge in [0.2, 0.25) is 0 Å². The molecular weight excluding hydrogens is 228 g/mol. The van der Waals surface area contributed by atoms with Gasteiger partial charge < -0.3 is 8.92 Å². The monoisotopic (exact) mass is 252 g/mol. The fraction of sp³-hybridized carbons (Fsp3) is 0.909. The van der Waals surface area contributed by atoms with Gasteiger partial charge in [-0.15, -0.1) is 0 Å². The molecule has 15 heavy (non-hydrogen) atoms. The van der Waals surface area contributed by atoms with E-state index in [4.69, 9.17) is 8.92 Å². The largest absolute Gasteiger partial charge is 0.333 e. The summed E-state index contributed by atoms with van der Waals surface area (Å²) in [7, 11) is 0. The van der Waals surface area contributed by atoms with Crippen molar-refractivity contribution in [2.75, 3.05) is 19.0 Å². The van der Waals surface area contributed by atoms with E-state index in [1.807, 2.05) is 6.92 Å². The maximum absolute atomic E-state index is 5.67. The van der Waals surface area contributed by atoms with Crippen LogP contribution in [0.2, 0.25) is 0 Å².